The van der Waals surface area contributed by atoms with E-state index < -0.39 is 6.10 Å². The van der Waals surface area contributed by atoms with Gasteiger partial charge in [-0.05, 0) is 30.5 Å². The molecular formula is C24H28N6O2. The number of nitrogens with zero attached hydrogens (tertiary/aromatic N) is 4. The van der Waals surface area contributed by atoms with Crippen molar-refractivity contribution in [1.29, 1.82) is 0 Å². The summed E-state index contributed by atoms with van der Waals surface area (Å²) >= 11 is 0. The van der Waals surface area contributed by atoms with Gasteiger partial charge in [0, 0.05) is 19.1 Å². The Hall–Kier alpha value is -3.49. The van der Waals surface area contributed by atoms with Gasteiger partial charge in [0.2, 0.25) is 5.95 Å². The average molecular weight is 433 g/mol. The summed E-state index contributed by atoms with van der Waals surface area (Å²) in [6, 6.07) is 18.9. The van der Waals surface area contributed by atoms with E-state index in [1.54, 1.807) is 6.33 Å². The predicted molar refractivity (Wildman–Crippen MR) is 126 cm³/mol. The van der Waals surface area contributed by atoms with Gasteiger partial charge in [-0.3, -0.25) is 0 Å². The van der Waals surface area contributed by atoms with Crippen molar-refractivity contribution < 1.29 is 10.2 Å². The van der Waals surface area contributed by atoms with Crippen LogP contribution in [-0.2, 0) is 6.54 Å². The number of imidazole rings is 1. The minimum absolute atomic E-state index is 0.151. The Balaban J connectivity index is 1.56. The molecule has 0 amide bonds. The summed E-state index contributed by atoms with van der Waals surface area (Å²) in [6.07, 6.45) is 0.875. The molecule has 0 aliphatic heterocycles. The monoisotopic (exact) mass is 432 g/mol. The quantitative estimate of drug-likeness (QED) is 0.321. The molecule has 0 radical (unpaired) electrons. The van der Waals surface area contributed by atoms with Crippen molar-refractivity contribution in [2.45, 2.75) is 32.5 Å². The highest BCUT2D eigenvalue weighted by atomic mass is 16.3. The molecule has 1 unspecified atom stereocenters. The maximum atomic E-state index is 9.66. The molecule has 2 aromatic heterocycles. The molecule has 4 aromatic rings. The van der Waals surface area contributed by atoms with Crippen LogP contribution in [0.15, 0.2) is 60.9 Å². The van der Waals surface area contributed by atoms with Gasteiger partial charge in [-0.1, -0.05) is 54.6 Å². The number of hydrogen-bond acceptors (Lipinski definition) is 7. The van der Waals surface area contributed by atoms with Crippen LogP contribution in [0.2, 0.25) is 0 Å². The highest BCUT2D eigenvalue weighted by Gasteiger charge is 2.15. The summed E-state index contributed by atoms with van der Waals surface area (Å²) in [5, 5.41) is 25.1. The minimum atomic E-state index is -0.885. The van der Waals surface area contributed by atoms with Gasteiger partial charge in [0.15, 0.2) is 17.0 Å². The Morgan fingerprint density at radius 1 is 0.938 bits per heavy atom. The zero-order valence-electron chi connectivity index (χ0n) is 18.2. The topological polar surface area (TPSA) is 108 Å². The van der Waals surface area contributed by atoms with E-state index in [0.717, 1.165) is 5.56 Å². The normalized spacial score (nSPS) is 12.3. The third-order valence-corrected chi connectivity index (χ3v) is 5.21. The molecule has 0 fully saturated rings. The summed E-state index contributed by atoms with van der Waals surface area (Å²) in [5.41, 5.74) is 4.86. The zero-order valence-corrected chi connectivity index (χ0v) is 18.2. The number of aromatic nitrogens is 4. The molecule has 8 nitrogen and oxygen atoms in total. The van der Waals surface area contributed by atoms with Crippen LogP contribution >= 0.6 is 0 Å². The highest BCUT2D eigenvalue weighted by Crippen LogP contribution is 2.24. The fraction of sp³-hybridized carbons (Fsp3) is 0.292. The summed E-state index contributed by atoms with van der Waals surface area (Å²) in [6.45, 7) is 4.52. The summed E-state index contributed by atoms with van der Waals surface area (Å²) < 4.78 is 1.98. The SMILES string of the molecule is CC(C)n1cnc2c(NCc3ccc(-c4ccccc4)cc3)nc(NCC(O)CO)nc21. The molecule has 0 aliphatic rings. The summed E-state index contributed by atoms with van der Waals surface area (Å²) in [7, 11) is 0. The van der Waals surface area contributed by atoms with E-state index in [9.17, 15) is 5.11 Å². The predicted octanol–water partition coefficient (Wildman–Crippen LogP) is 3.45. The maximum absolute atomic E-state index is 9.66. The second-order valence-corrected chi connectivity index (χ2v) is 7.95. The van der Waals surface area contributed by atoms with Gasteiger partial charge in [-0.25, -0.2) is 4.98 Å². The lowest BCUT2D eigenvalue weighted by atomic mass is 10.0. The summed E-state index contributed by atoms with van der Waals surface area (Å²) in [5.74, 6) is 0.983. The van der Waals surface area contributed by atoms with Crippen molar-refractivity contribution in [2.75, 3.05) is 23.8 Å². The van der Waals surface area contributed by atoms with Crippen molar-refractivity contribution in [3.63, 3.8) is 0 Å². The van der Waals surface area contributed by atoms with E-state index >= 15 is 0 Å². The molecule has 8 heteroatoms. The van der Waals surface area contributed by atoms with E-state index in [4.69, 9.17) is 5.11 Å². The molecule has 4 rings (SSSR count). The fourth-order valence-corrected chi connectivity index (χ4v) is 3.40. The third kappa shape index (κ3) is 4.87. The second-order valence-electron chi connectivity index (χ2n) is 7.95. The zero-order chi connectivity index (χ0) is 22.5. The number of fused-ring (bicyclic) bond motifs is 1. The van der Waals surface area contributed by atoms with Crippen molar-refractivity contribution in [3.8, 4) is 11.1 Å². The third-order valence-electron chi connectivity index (χ3n) is 5.21. The Morgan fingerprint density at radius 3 is 2.34 bits per heavy atom. The molecule has 4 N–H and O–H groups in total. The molecule has 166 valence electrons. The lowest BCUT2D eigenvalue weighted by Gasteiger charge is -2.13. The number of hydrogen-bond donors (Lipinski definition) is 4. The molecule has 2 heterocycles. The number of aliphatic hydroxyl groups is 2. The Morgan fingerprint density at radius 2 is 1.66 bits per heavy atom. The van der Waals surface area contributed by atoms with Crippen molar-refractivity contribution in [1.82, 2.24) is 19.5 Å². The van der Waals surface area contributed by atoms with Gasteiger partial charge >= 0.3 is 0 Å². The minimum Gasteiger partial charge on any atom is -0.394 e. The van der Waals surface area contributed by atoms with Crippen LogP contribution in [-0.4, -0.2) is 49.0 Å². The number of nitrogens with one attached hydrogen (secondary N) is 2. The standard InChI is InChI=1S/C24H28N6O2/c1-16(2)30-15-27-21-22(28-24(29-23(21)30)26-13-20(32)14-31)25-12-17-8-10-19(11-9-17)18-6-4-3-5-7-18/h3-11,15-16,20,31-32H,12-14H2,1-2H3,(H2,25,26,28,29). The van der Waals surface area contributed by atoms with Crippen molar-refractivity contribution in [2.24, 2.45) is 0 Å². The highest BCUT2D eigenvalue weighted by molar-refractivity contribution is 5.84. The molecule has 32 heavy (non-hydrogen) atoms. The van der Waals surface area contributed by atoms with Gasteiger partial charge < -0.3 is 25.4 Å². The first-order valence-electron chi connectivity index (χ1n) is 10.7. The van der Waals surface area contributed by atoms with E-state index in [1.165, 1.54) is 11.1 Å². The van der Waals surface area contributed by atoms with Crippen molar-refractivity contribution in [3.05, 3.63) is 66.5 Å². The smallest absolute Gasteiger partial charge is 0.226 e. The van der Waals surface area contributed by atoms with Crippen LogP contribution in [0.25, 0.3) is 22.3 Å². The lowest BCUT2D eigenvalue weighted by molar-refractivity contribution is 0.105. The van der Waals surface area contributed by atoms with Crippen LogP contribution in [0.3, 0.4) is 0 Å². The molecule has 0 spiro atoms. The largest absolute Gasteiger partial charge is 0.394 e. The Bertz CT molecular complexity index is 1160. The Labute approximate surface area is 187 Å². The second kappa shape index (κ2) is 9.76. The number of aliphatic hydroxyl groups excluding tert-OH is 2. The molecule has 0 saturated heterocycles. The van der Waals surface area contributed by atoms with Crippen LogP contribution in [0, 0.1) is 0 Å². The Kier molecular flexibility index (Phi) is 6.63. The number of benzene rings is 2. The number of anilines is 2. The molecule has 0 aliphatic carbocycles. The molecule has 1 atom stereocenters. The molecule has 0 bridgehead atoms. The van der Waals surface area contributed by atoms with E-state index in [2.05, 4.69) is 75.8 Å². The van der Waals surface area contributed by atoms with E-state index in [1.807, 2.05) is 22.8 Å². The first-order valence-corrected chi connectivity index (χ1v) is 10.7. The van der Waals surface area contributed by atoms with Crippen LogP contribution in [0.1, 0.15) is 25.5 Å². The van der Waals surface area contributed by atoms with Crippen LogP contribution < -0.4 is 10.6 Å². The maximum Gasteiger partial charge on any atom is 0.226 e. The van der Waals surface area contributed by atoms with Gasteiger partial charge in [0.1, 0.15) is 0 Å². The molecular weight excluding hydrogens is 404 g/mol. The average Bonchev–Trinajstić information content (AvgIpc) is 3.26. The first-order chi connectivity index (χ1) is 15.5. The van der Waals surface area contributed by atoms with Crippen molar-refractivity contribution >= 4 is 22.9 Å². The lowest BCUT2D eigenvalue weighted by Crippen LogP contribution is -2.24. The molecule has 0 saturated carbocycles. The van der Waals surface area contributed by atoms with Gasteiger partial charge in [0.05, 0.1) is 19.0 Å². The fourth-order valence-electron chi connectivity index (χ4n) is 3.40. The molecule has 2 aromatic carbocycles. The van der Waals surface area contributed by atoms with Gasteiger partial charge in [0.25, 0.3) is 0 Å². The first kappa shape index (κ1) is 21.7. The van der Waals surface area contributed by atoms with E-state index in [0.29, 0.717) is 29.5 Å². The van der Waals surface area contributed by atoms with Crippen LogP contribution in [0.4, 0.5) is 11.8 Å². The van der Waals surface area contributed by atoms with E-state index in [-0.39, 0.29) is 19.2 Å². The summed E-state index contributed by atoms with van der Waals surface area (Å²) in [4.78, 5) is 13.6. The van der Waals surface area contributed by atoms with Gasteiger partial charge in [-0.15, -0.1) is 0 Å². The number of rotatable bonds is 9. The van der Waals surface area contributed by atoms with Gasteiger partial charge in [-0.2, -0.15) is 9.97 Å². The van der Waals surface area contributed by atoms with Crippen LogP contribution in [0.5, 0.6) is 0 Å².